The van der Waals surface area contributed by atoms with Gasteiger partial charge in [-0.1, -0.05) is 11.6 Å². The van der Waals surface area contributed by atoms with Crippen LogP contribution in [0, 0.1) is 6.92 Å². The van der Waals surface area contributed by atoms with Gasteiger partial charge < -0.3 is 10.1 Å². The maximum atomic E-state index is 12.0. The van der Waals surface area contributed by atoms with E-state index in [0.29, 0.717) is 16.8 Å². The van der Waals surface area contributed by atoms with Crippen LogP contribution in [0.15, 0.2) is 36.9 Å². The monoisotopic (exact) mass is 271 g/mol. The van der Waals surface area contributed by atoms with Crippen LogP contribution in [0.5, 0.6) is 0 Å². The predicted molar refractivity (Wildman–Crippen MR) is 72.5 cm³/mol. The lowest BCUT2D eigenvalue weighted by Gasteiger charge is -2.10. The fraction of sp³-hybridized carbons (Fsp3) is 0.143. The Labute approximate surface area is 115 Å². The third-order valence-corrected chi connectivity index (χ3v) is 2.65. The molecule has 0 bridgehead atoms. The number of ether oxygens (including phenoxy) is 1. The standard InChI is InChI=1S/C14H13N3O3/c1-9-3-4-12(11(5-9)14(19)20-2)17-13(18)10-6-15-8-16-7-10/h3-8H,1-2H3,(H,17,18). The van der Waals surface area contributed by atoms with Crippen molar-refractivity contribution in [2.24, 2.45) is 0 Å². The van der Waals surface area contributed by atoms with Gasteiger partial charge in [-0.2, -0.15) is 0 Å². The number of carbonyl (C=O) groups excluding carboxylic acids is 2. The molecule has 0 saturated heterocycles. The molecule has 0 fully saturated rings. The lowest BCUT2D eigenvalue weighted by atomic mass is 10.1. The number of nitrogens with one attached hydrogen (secondary N) is 1. The van der Waals surface area contributed by atoms with Crippen LogP contribution in [0.4, 0.5) is 5.69 Å². The van der Waals surface area contributed by atoms with Gasteiger partial charge in [-0.25, -0.2) is 14.8 Å². The Balaban J connectivity index is 2.30. The fourth-order valence-electron chi connectivity index (χ4n) is 1.66. The fourth-order valence-corrected chi connectivity index (χ4v) is 1.66. The molecule has 1 aromatic heterocycles. The third-order valence-electron chi connectivity index (χ3n) is 2.65. The Hall–Kier alpha value is -2.76. The molecule has 6 heteroatoms. The molecule has 0 aliphatic heterocycles. The summed E-state index contributed by atoms with van der Waals surface area (Å²) in [5.41, 5.74) is 1.89. The zero-order valence-electron chi connectivity index (χ0n) is 11.1. The molecule has 1 amide bonds. The number of aryl methyl sites for hydroxylation is 1. The number of hydrogen-bond donors (Lipinski definition) is 1. The number of benzene rings is 1. The second kappa shape index (κ2) is 5.92. The highest BCUT2D eigenvalue weighted by molar-refractivity contribution is 6.07. The minimum atomic E-state index is -0.506. The maximum Gasteiger partial charge on any atom is 0.339 e. The van der Waals surface area contributed by atoms with E-state index in [2.05, 4.69) is 15.3 Å². The van der Waals surface area contributed by atoms with Gasteiger partial charge in [-0.3, -0.25) is 4.79 Å². The number of anilines is 1. The molecule has 0 radical (unpaired) electrons. The Bertz CT molecular complexity index is 641. The van der Waals surface area contributed by atoms with Crippen molar-refractivity contribution < 1.29 is 14.3 Å². The van der Waals surface area contributed by atoms with Crippen molar-refractivity contribution in [3.63, 3.8) is 0 Å². The molecule has 0 saturated carbocycles. The molecule has 1 N–H and O–H groups in total. The van der Waals surface area contributed by atoms with Gasteiger partial charge in [-0.15, -0.1) is 0 Å². The topological polar surface area (TPSA) is 81.2 Å². The van der Waals surface area contributed by atoms with Gasteiger partial charge in [0.15, 0.2) is 0 Å². The van der Waals surface area contributed by atoms with E-state index in [0.717, 1.165) is 5.56 Å². The molecular weight excluding hydrogens is 258 g/mol. The third kappa shape index (κ3) is 2.97. The summed E-state index contributed by atoms with van der Waals surface area (Å²) in [6, 6.07) is 5.11. The quantitative estimate of drug-likeness (QED) is 0.861. The number of nitrogens with zero attached hydrogens (tertiary/aromatic N) is 2. The summed E-state index contributed by atoms with van der Waals surface area (Å²) in [5, 5.41) is 2.65. The second-order valence-corrected chi connectivity index (χ2v) is 4.12. The van der Waals surface area contributed by atoms with Crippen molar-refractivity contribution in [3.8, 4) is 0 Å². The molecule has 6 nitrogen and oxygen atoms in total. The van der Waals surface area contributed by atoms with Gasteiger partial charge >= 0.3 is 5.97 Å². The van der Waals surface area contributed by atoms with E-state index in [1.54, 1.807) is 18.2 Å². The summed E-state index contributed by atoms with van der Waals surface area (Å²) in [6.45, 7) is 1.85. The van der Waals surface area contributed by atoms with Gasteiger partial charge in [0, 0.05) is 12.4 Å². The summed E-state index contributed by atoms with van der Waals surface area (Å²) in [4.78, 5) is 31.3. The maximum absolute atomic E-state index is 12.0. The van der Waals surface area contributed by atoms with Crippen LogP contribution >= 0.6 is 0 Å². The zero-order chi connectivity index (χ0) is 14.5. The van der Waals surface area contributed by atoms with Gasteiger partial charge in [0.25, 0.3) is 5.91 Å². The Morgan fingerprint density at radius 1 is 1.20 bits per heavy atom. The van der Waals surface area contributed by atoms with Crippen LogP contribution in [-0.2, 0) is 4.74 Å². The number of hydrogen-bond acceptors (Lipinski definition) is 5. The zero-order valence-corrected chi connectivity index (χ0v) is 11.1. The molecule has 0 aliphatic carbocycles. The number of carbonyl (C=O) groups is 2. The summed E-state index contributed by atoms with van der Waals surface area (Å²) < 4.78 is 4.70. The summed E-state index contributed by atoms with van der Waals surface area (Å²) in [6.07, 6.45) is 4.13. The van der Waals surface area contributed by atoms with E-state index in [-0.39, 0.29) is 5.91 Å². The molecule has 0 atom stereocenters. The first-order valence-corrected chi connectivity index (χ1v) is 5.87. The average Bonchev–Trinajstić information content (AvgIpc) is 2.49. The SMILES string of the molecule is COC(=O)c1cc(C)ccc1NC(=O)c1cncnc1. The largest absolute Gasteiger partial charge is 0.465 e. The molecule has 1 heterocycles. The molecule has 102 valence electrons. The number of methoxy groups -OCH3 is 1. The molecular formula is C14H13N3O3. The summed E-state index contributed by atoms with van der Waals surface area (Å²) in [7, 11) is 1.29. The van der Waals surface area contributed by atoms with Crippen molar-refractivity contribution in [2.45, 2.75) is 6.92 Å². The van der Waals surface area contributed by atoms with Gasteiger partial charge in [0.1, 0.15) is 6.33 Å². The molecule has 20 heavy (non-hydrogen) atoms. The highest BCUT2D eigenvalue weighted by Gasteiger charge is 2.15. The molecule has 0 spiro atoms. The smallest absolute Gasteiger partial charge is 0.339 e. The van der Waals surface area contributed by atoms with Crippen molar-refractivity contribution in [2.75, 3.05) is 12.4 Å². The first-order chi connectivity index (χ1) is 9.61. The first-order valence-electron chi connectivity index (χ1n) is 5.87. The van der Waals surface area contributed by atoms with Crippen LogP contribution < -0.4 is 5.32 Å². The van der Waals surface area contributed by atoms with Crippen LogP contribution in [0.2, 0.25) is 0 Å². The molecule has 2 rings (SSSR count). The second-order valence-electron chi connectivity index (χ2n) is 4.12. The van der Waals surface area contributed by atoms with Crippen LogP contribution in [0.3, 0.4) is 0 Å². The van der Waals surface area contributed by atoms with E-state index >= 15 is 0 Å². The molecule has 0 unspecified atom stereocenters. The first kappa shape index (κ1) is 13.7. The predicted octanol–water partition coefficient (Wildman–Crippen LogP) is 1.82. The number of rotatable bonds is 3. The Kier molecular flexibility index (Phi) is 4.05. The van der Waals surface area contributed by atoms with E-state index < -0.39 is 5.97 Å². The minimum absolute atomic E-state index is 0.303. The van der Waals surface area contributed by atoms with Crippen molar-refractivity contribution in [1.29, 1.82) is 0 Å². The molecule has 2 aromatic rings. The highest BCUT2D eigenvalue weighted by Crippen LogP contribution is 2.19. The lowest BCUT2D eigenvalue weighted by Crippen LogP contribution is -2.16. The van der Waals surface area contributed by atoms with E-state index in [1.807, 2.05) is 6.92 Å². The van der Waals surface area contributed by atoms with Crippen molar-refractivity contribution >= 4 is 17.6 Å². The van der Waals surface area contributed by atoms with Gasteiger partial charge in [0.2, 0.25) is 0 Å². The van der Waals surface area contributed by atoms with Crippen molar-refractivity contribution in [3.05, 3.63) is 53.6 Å². The van der Waals surface area contributed by atoms with E-state index in [9.17, 15) is 9.59 Å². The number of esters is 1. The highest BCUT2D eigenvalue weighted by atomic mass is 16.5. The number of amides is 1. The van der Waals surface area contributed by atoms with Crippen LogP contribution in [-0.4, -0.2) is 29.0 Å². The van der Waals surface area contributed by atoms with E-state index in [1.165, 1.54) is 25.8 Å². The Morgan fingerprint density at radius 3 is 2.55 bits per heavy atom. The van der Waals surface area contributed by atoms with Gasteiger partial charge in [0.05, 0.1) is 23.9 Å². The minimum Gasteiger partial charge on any atom is -0.465 e. The molecule has 1 aromatic carbocycles. The Morgan fingerprint density at radius 2 is 1.90 bits per heavy atom. The lowest BCUT2D eigenvalue weighted by molar-refractivity contribution is 0.0602. The van der Waals surface area contributed by atoms with Gasteiger partial charge in [-0.05, 0) is 19.1 Å². The average molecular weight is 271 g/mol. The summed E-state index contributed by atoms with van der Waals surface area (Å²) >= 11 is 0. The normalized spacial score (nSPS) is 9.90. The van der Waals surface area contributed by atoms with E-state index in [4.69, 9.17) is 4.74 Å². The number of aromatic nitrogens is 2. The van der Waals surface area contributed by atoms with Crippen LogP contribution in [0.1, 0.15) is 26.3 Å². The molecule has 0 aliphatic rings. The summed E-state index contributed by atoms with van der Waals surface area (Å²) in [5.74, 6) is -0.895. The van der Waals surface area contributed by atoms with Crippen molar-refractivity contribution in [1.82, 2.24) is 9.97 Å². The van der Waals surface area contributed by atoms with Crippen LogP contribution in [0.25, 0.3) is 0 Å².